The predicted octanol–water partition coefficient (Wildman–Crippen LogP) is 0.973. The average molecular weight is 217 g/mol. The molecule has 2 aromatic rings. The van der Waals surface area contributed by atoms with Gasteiger partial charge in [0, 0.05) is 18.3 Å². The summed E-state index contributed by atoms with van der Waals surface area (Å²) < 4.78 is 1.80. The molecule has 1 heterocycles. The number of amides is 2. The van der Waals surface area contributed by atoms with Crippen molar-refractivity contribution in [2.75, 3.05) is 5.32 Å². The second-order valence-corrected chi connectivity index (χ2v) is 3.34. The van der Waals surface area contributed by atoms with Gasteiger partial charge in [0.15, 0.2) is 5.82 Å². The van der Waals surface area contributed by atoms with Gasteiger partial charge >= 0.3 is 6.03 Å². The van der Waals surface area contributed by atoms with Gasteiger partial charge in [0.2, 0.25) is 0 Å². The second-order valence-electron chi connectivity index (χ2n) is 3.34. The molecular formula is C10H11N5O. The van der Waals surface area contributed by atoms with E-state index in [9.17, 15) is 4.79 Å². The van der Waals surface area contributed by atoms with Crippen LogP contribution in [0, 0.1) is 0 Å². The number of anilines is 1. The highest BCUT2D eigenvalue weighted by Crippen LogP contribution is 2.19. The fraction of sp³-hybridized carbons (Fsp3) is 0.100. The summed E-state index contributed by atoms with van der Waals surface area (Å²) in [5.41, 5.74) is 6.54. The summed E-state index contributed by atoms with van der Waals surface area (Å²) >= 11 is 0. The minimum absolute atomic E-state index is 0.588. The Labute approximate surface area is 92.1 Å². The number of aromatic nitrogens is 3. The van der Waals surface area contributed by atoms with Crippen LogP contribution in [0.5, 0.6) is 0 Å². The normalized spacial score (nSPS) is 10.1. The number of urea groups is 1. The Morgan fingerprint density at radius 2 is 2.31 bits per heavy atom. The van der Waals surface area contributed by atoms with Crippen molar-refractivity contribution in [3.05, 3.63) is 30.6 Å². The van der Waals surface area contributed by atoms with Crippen molar-refractivity contribution in [3.63, 3.8) is 0 Å². The maximum atomic E-state index is 10.7. The van der Waals surface area contributed by atoms with Gasteiger partial charge in [0.1, 0.15) is 6.33 Å². The molecule has 0 unspecified atom stereocenters. The fourth-order valence-corrected chi connectivity index (χ4v) is 1.42. The smallest absolute Gasteiger partial charge is 0.316 e. The van der Waals surface area contributed by atoms with Crippen molar-refractivity contribution in [1.29, 1.82) is 0 Å². The van der Waals surface area contributed by atoms with Crippen LogP contribution in [-0.4, -0.2) is 20.8 Å². The van der Waals surface area contributed by atoms with Crippen LogP contribution in [0.25, 0.3) is 11.4 Å². The van der Waals surface area contributed by atoms with Crippen LogP contribution in [0.1, 0.15) is 0 Å². The molecule has 6 nitrogen and oxygen atoms in total. The molecule has 0 saturated heterocycles. The number of primary amides is 1. The molecular weight excluding hydrogens is 206 g/mol. The highest BCUT2D eigenvalue weighted by atomic mass is 16.2. The van der Waals surface area contributed by atoms with Gasteiger partial charge in [0.05, 0.1) is 0 Å². The lowest BCUT2D eigenvalue weighted by molar-refractivity contribution is 0.259. The van der Waals surface area contributed by atoms with Gasteiger partial charge in [-0.2, -0.15) is 0 Å². The summed E-state index contributed by atoms with van der Waals surface area (Å²) in [7, 11) is 1.85. The Morgan fingerprint density at radius 1 is 1.50 bits per heavy atom. The zero-order valence-electron chi connectivity index (χ0n) is 8.71. The van der Waals surface area contributed by atoms with Crippen molar-refractivity contribution in [2.24, 2.45) is 12.8 Å². The fourth-order valence-electron chi connectivity index (χ4n) is 1.42. The number of benzene rings is 1. The van der Waals surface area contributed by atoms with E-state index in [4.69, 9.17) is 5.73 Å². The summed E-state index contributed by atoms with van der Waals surface area (Å²) in [6.07, 6.45) is 1.61. The Hall–Kier alpha value is -2.37. The van der Waals surface area contributed by atoms with Crippen LogP contribution in [0.2, 0.25) is 0 Å². The quantitative estimate of drug-likeness (QED) is 0.785. The van der Waals surface area contributed by atoms with Crippen LogP contribution in [0.4, 0.5) is 10.5 Å². The number of nitrogens with zero attached hydrogens (tertiary/aromatic N) is 3. The third kappa shape index (κ3) is 2.00. The first kappa shape index (κ1) is 10.2. The van der Waals surface area contributed by atoms with E-state index in [1.807, 2.05) is 19.2 Å². The van der Waals surface area contributed by atoms with E-state index >= 15 is 0 Å². The summed E-state index contributed by atoms with van der Waals surface area (Å²) in [5.74, 6) is 0.730. The molecule has 0 saturated carbocycles. The van der Waals surface area contributed by atoms with Gasteiger partial charge in [0.25, 0.3) is 0 Å². The second kappa shape index (κ2) is 4.01. The molecule has 6 heteroatoms. The first-order valence-electron chi connectivity index (χ1n) is 4.67. The number of rotatable bonds is 2. The number of nitrogens with two attached hydrogens (primary N) is 1. The minimum Gasteiger partial charge on any atom is -0.351 e. The van der Waals surface area contributed by atoms with Crippen LogP contribution in [0.3, 0.4) is 0 Å². The molecule has 82 valence electrons. The highest BCUT2D eigenvalue weighted by molar-refractivity contribution is 5.88. The third-order valence-corrected chi connectivity index (χ3v) is 2.10. The largest absolute Gasteiger partial charge is 0.351 e. The van der Waals surface area contributed by atoms with E-state index in [-0.39, 0.29) is 0 Å². The number of carbonyl (C=O) groups is 1. The summed E-state index contributed by atoms with van der Waals surface area (Å²) in [4.78, 5) is 10.7. The maximum Gasteiger partial charge on any atom is 0.316 e. The first-order valence-corrected chi connectivity index (χ1v) is 4.67. The lowest BCUT2D eigenvalue weighted by Crippen LogP contribution is -2.19. The van der Waals surface area contributed by atoms with E-state index in [1.165, 1.54) is 0 Å². The van der Waals surface area contributed by atoms with Crippen LogP contribution < -0.4 is 11.1 Å². The summed E-state index contributed by atoms with van der Waals surface area (Å²) in [5, 5.41) is 10.3. The zero-order valence-corrected chi connectivity index (χ0v) is 8.71. The van der Waals surface area contributed by atoms with Crippen LogP contribution in [0.15, 0.2) is 30.6 Å². The Morgan fingerprint density at radius 3 is 2.94 bits per heavy atom. The summed E-state index contributed by atoms with van der Waals surface area (Å²) in [6, 6.07) is 6.65. The number of nitrogens with one attached hydrogen (secondary N) is 1. The summed E-state index contributed by atoms with van der Waals surface area (Å²) in [6.45, 7) is 0. The predicted molar refractivity (Wildman–Crippen MR) is 59.6 cm³/mol. The molecule has 2 amide bonds. The molecule has 0 fully saturated rings. The average Bonchev–Trinajstić information content (AvgIpc) is 2.64. The Bertz CT molecular complexity index is 519. The van der Waals surface area contributed by atoms with Crippen molar-refractivity contribution in [3.8, 4) is 11.4 Å². The maximum absolute atomic E-state index is 10.7. The van der Waals surface area contributed by atoms with Crippen molar-refractivity contribution in [2.45, 2.75) is 0 Å². The van der Waals surface area contributed by atoms with E-state index in [1.54, 1.807) is 23.0 Å². The molecule has 0 aliphatic carbocycles. The topological polar surface area (TPSA) is 85.8 Å². The van der Waals surface area contributed by atoms with Gasteiger partial charge in [-0.25, -0.2) is 4.79 Å². The number of aryl methyl sites for hydroxylation is 1. The number of hydrogen-bond donors (Lipinski definition) is 2. The first-order chi connectivity index (χ1) is 7.66. The molecule has 0 atom stereocenters. The van der Waals surface area contributed by atoms with Crippen molar-refractivity contribution < 1.29 is 4.79 Å². The lowest BCUT2D eigenvalue weighted by Gasteiger charge is -2.04. The van der Waals surface area contributed by atoms with E-state index < -0.39 is 6.03 Å². The number of hydrogen-bond acceptors (Lipinski definition) is 3. The zero-order chi connectivity index (χ0) is 11.5. The van der Waals surface area contributed by atoms with Gasteiger partial charge in [-0.15, -0.1) is 10.2 Å². The molecule has 16 heavy (non-hydrogen) atoms. The van der Waals surface area contributed by atoms with Gasteiger partial charge in [-0.1, -0.05) is 12.1 Å². The van der Waals surface area contributed by atoms with Crippen LogP contribution >= 0.6 is 0 Å². The van der Waals surface area contributed by atoms with E-state index in [0.29, 0.717) is 5.69 Å². The molecule has 0 bridgehead atoms. The molecule has 2 rings (SSSR count). The van der Waals surface area contributed by atoms with Crippen molar-refractivity contribution >= 4 is 11.7 Å². The van der Waals surface area contributed by atoms with Crippen LogP contribution in [-0.2, 0) is 7.05 Å². The van der Waals surface area contributed by atoms with Gasteiger partial charge in [-0.05, 0) is 12.1 Å². The monoisotopic (exact) mass is 217 g/mol. The molecule has 1 aromatic carbocycles. The standard InChI is InChI=1S/C10H11N5O/c1-15-6-12-14-9(15)7-3-2-4-8(5-7)13-10(11)16/h2-6H,1H3,(H3,11,13,16). The molecule has 0 aliphatic heterocycles. The molecule has 3 N–H and O–H groups in total. The third-order valence-electron chi connectivity index (χ3n) is 2.10. The molecule has 0 radical (unpaired) electrons. The lowest BCUT2D eigenvalue weighted by atomic mass is 10.2. The number of carbonyl (C=O) groups excluding carboxylic acids is 1. The SMILES string of the molecule is Cn1cnnc1-c1cccc(NC(N)=O)c1. The van der Waals surface area contributed by atoms with E-state index in [2.05, 4.69) is 15.5 Å². The molecule has 0 aliphatic rings. The highest BCUT2D eigenvalue weighted by Gasteiger charge is 2.05. The van der Waals surface area contributed by atoms with Gasteiger partial charge < -0.3 is 15.6 Å². The Kier molecular flexibility index (Phi) is 2.55. The van der Waals surface area contributed by atoms with E-state index in [0.717, 1.165) is 11.4 Å². The molecule has 1 aromatic heterocycles. The molecule has 0 spiro atoms. The van der Waals surface area contributed by atoms with Crippen molar-refractivity contribution in [1.82, 2.24) is 14.8 Å². The minimum atomic E-state index is -0.588. The Balaban J connectivity index is 2.36. The van der Waals surface area contributed by atoms with Gasteiger partial charge in [-0.3, -0.25) is 0 Å².